The summed E-state index contributed by atoms with van der Waals surface area (Å²) in [5.74, 6) is 0. The molecule has 46 heavy (non-hydrogen) atoms. The van der Waals surface area contributed by atoms with Gasteiger partial charge in [0.1, 0.15) is 0 Å². The van der Waals surface area contributed by atoms with Crippen LogP contribution in [0.4, 0.5) is 0 Å². The summed E-state index contributed by atoms with van der Waals surface area (Å²) in [7, 11) is 0. The van der Waals surface area contributed by atoms with Crippen LogP contribution in [0.2, 0.25) is 0 Å². The van der Waals surface area contributed by atoms with E-state index in [9.17, 15) is 0 Å². The third kappa shape index (κ3) is 4.38. The molecule has 0 aliphatic carbocycles. The molecule has 0 bridgehead atoms. The van der Waals surface area contributed by atoms with E-state index in [2.05, 4.69) is 182 Å². The zero-order valence-corrected chi connectivity index (χ0v) is 25.3. The lowest BCUT2D eigenvalue weighted by molar-refractivity contribution is 1.60. The Hall–Kier alpha value is -5.98. The van der Waals surface area contributed by atoms with Gasteiger partial charge in [-0.3, -0.25) is 0 Å². The van der Waals surface area contributed by atoms with Crippen LogP contribution >= 0.6 is 0 Å². The second-order valence-electron chi connectivity index (χ2n) is 12.1. The molecule has 0 fully saturated rings. The van der Waals surface area contributed by atoms with Crippen LogP contribution in [0.1, 0.15) is 0 Å². The van der Waals surface area contributed by atoms with Gasteiger partial charge in [0.25, 0.3) is 0 Å². The van der Waals surface area contributed by atoms with Gasteiger partial charge in [-0.15, -0.1) is 0 Å². The van der Waals surface area contributed by atoms with E-state index in [0.29, 0.717) is 0 Å². The Labute approximate surface area is 268 Å². The molecule has 0 aliphatic rings. The van der Waals surface area contributed by atoms with Gasteiger partial charge in [0.15, 0.2) is 0 Å². The molecule has 0 amide bonds. The van der Waals surface area contributed by atoms with Crippen molar-refractivity contribution in [2.45, 2.75) is 0 Å². The number of fused-ring (bicyclic) bond motifs is 4. The fourth-order valence-corrected chi connectivity index (χ4v) is 7.24. The molecule has 0 atom stereocenters. The van der Waals surface area contributed by atoms with Gasteiger partial charge in [-0.1, -0.05) is 170 Å². The summed E-state index contributed by atoms with van der Waals surface area (Å²) >= 11 is 0. The van der Waals surface area contributed by atoms with E-state index >= 15 is 0 Å². The highest BCUT2D eigenvalue weighted by atomic mass is 14.2. The summed E-state index contributed by atoms with van der Waals surface area (Å²) in [6, 6.07) is 66.5. The maximum Gasteiger partial charge on any atom is -0.00201 e. The van der Waals surface area contributed by atoms with Crippen LogP contribution in [0.3, 0.4) is 0 Å². The molecule has 0 heterocycles. The molecule has 9 aromatic rings. The molecule has 0 spiro atoms. The van der Waals surface area contributed by atoms with E-state index in [1.807, 2.05) is 0 Å². The van der Waals surface area contributed by atoms with Gasteiger partial charge in [-0.2, -0.15) is 0 Å². The van der Waals surface area contributed by atoms with Gasteiger partial charge in [-0.25, -0.2) is 0 Å². The van der Waals surface area contributed by atoms with Gasteiger partial charge in [0.2, 0.25) is 0 Å². The van der Waals surface area contributed by atoms with Crippen molar-refractivity contribution in [1.29, 1.82) is 0 Å². The highest BCUT2D eigenvalue weighted by Gasteiger charge is 2.18. The van der Waals surface area contributed by atoms with Crippen LogP contribution in [0.25, 0.3) is 87.6 Å². The maximum atomic E-state index is 2.38. The molecule has 0 aromatic heterocycles. The van der Waals surface area contributed by atoms with Crippen LogP contribution in [0, 0.1) is 0 Å². The number of rotatable bonds is 4. The van der Waals surface area contributed by atoms with Gasteiger partial charge in [0, 0.05) is 0 Å². The molecule has 0 saturated heterocycles. The SMILES string of the molecule is c1ccc(-c2ccc(-c3ccc4ccc(-c5c6ccccc6c(-c6cccc7ccccc67)c6ccccc56)cc4c3)cc2)cc1. The summed E-state index contributed by atoms with van der Waals surface area (Å²) in [6.45, 7) is 0. The molecule has 0 heteroatoms. The Morgan fingerprint density at radius 1 is 0.217 bits per heavy atom. The highest BCUT2D eigenvalue weighted by Crippen LogP contribution is 2.45. The first-order chi connectivity index (χ1) is 22.8. The first-order valence-corrected chi connectivity index (χ1v) is 15.9. The van der Waals surface area contributed by atoms with Crippen LogP contribution in [-0.4, -0.2) is 0 Å². The zero-order valence-electron chi connectivity index (χ0n) is 25.3. The third-order valence-corrected chi connectivity index (χ3v) is 9.44. The summed E-state index contributed by atoms with van der Waals surface area (Å²) in [5.41, 5.74) is 10.0. The van der Waals surface area contributed by atoms with E-state index in [0.717, 1.165) is 0 Å². The second-order valence-corrected chi connectivity index (χ2v) is 12.1. The Bertz CT molecular complexity index is 2490. The predicted octanol–water partition coefficient (Wildman–Crippen LogP) is 13.0. The van der Waals surface area contributed by atoms with E-state index in [1.54, 1.807) is 0 Å². The van der Waals surface area contributed by atoms with Gasteiger partial charge >= 0.3 is 0 Å². The minimum atomic E-state index is 1.22. The lowest BCUT2D eigenvalue weighted by Gasteiger charge is -2.19. The van der Waals surface area contributed by atoms with Crippen molar-refractivity contribution in [3.63, 3.8) is 0 Å². The summed E-state index contributed by atoms with van der Waals surface area (Å²) in [6.07, 6.45) is 0. The molecular formula is C46H30. The fourth-order valence-electron chi connectivity index (χ4n) is 7.24. The maximum absolute atomic E-state index is 2.38. The van der Waals surface area contributed by atoms with Gasteiger partial charge < -0.3 is 0 Å². The molecular weight excluding hydrogens is 553 g/mol. The molecule has 0 N–H and O–H groups in total. The monoisotopic (exact) mass is 582 g/mol. The van der Waals surface area contributed by atoms with Crippen molar-refractivity contribution in [2.24, 2.45) is 0 Å². The molecule has 0 radical (unpaired) electrons. The van der Waals surface area contributed by atoms with E-state index < -0.39 is 0 Å². The predicted molar refractivity (Wildman–Crippen MR) is 198 cm³/mol. The fraction of sp³-hybridized carbons (Fsp3) is 0. The van der Waals surface area contributed by atoms with Gasteiger partial charge in [0.05, 0.1) is 0 Å². The summed E-state index contributed by atoms with van der Waals surface area (Å²) in [5, 5.41) is 10.1. The van der Waals surface area contributed by atoms with E-state index in [-0.39, 0.29) is 0 Å². The molecule has 9 aromatic carbocycles. The van der Waals surface area contributed by atoms with E-state index in [1.165, 1.54) is 87.6 Å². The minimum absolute atomic E-state index is 1.22. The summed E-state index contributed by atoms with van der Waals surface area (Å²) in [4.78, 5) is 0. The molecule has 0 aliphatic heterocycles. The normalized spacial score (nSPS) is 11.5. The van der Waals surface area contributed by atoms with Crippen molar-refractivity contribution in [1.82, 2.24) is 0 Å². The largest absolute Gasteiger partial charge is 0.0622 e. The average molecular weight is 583 g/mol. The average Bonchev–Trinajstić information content (AvgIpc) is 3.13. The first kappa shape index (κ1) is 26.4. The Morgan fingerprint density at radius 2 is 0.674 bits per heavy atom. The topological polar surface area (TPSA) is 0 Å². The molecule has 0 unspecified atom stereocenters. The second kappa shape index (κ2) is 10.9. The Kier molecular flexibility index (Phi) is 6.25. The lowest BCUT2D eigenvalue weighted by Crippen LogP contribution is -1.91. The van der Waals surface area contributed by atoms with Crippen molar-refractivity contribution >= 4 is 43.1 Å². The van der Waals surface area contributed by atoms with Crippen molar-refractivity contribution in [2.75, 3.05) is 0 Å². The smallest absolute Gasteiger partial charge is 0.00201 e. The highest BCUT2D eigenvalue weighted by molar-refractivity contribution is 6.23. The van der Waals surface area contributed by atoms with Crippen LogP contribution in [0.15, 0.2) is 182 Å². The molecule has 214 valence electrons. The zero-order chi connectivity index (χ0) is 30.5. The lowest BCUT2D eigenvalue weighted by atomic mass is 9.84. The number of hydrogen-bond donors (Lipinski definition) is 0. The Morgan fingerprint density at radius 3 is 1.35 bits per heavy atom. The van der Waals surface area contributed by atoms with Crippen LogP contribution in [0.5, 0.6) is 0 Å². The van der Waals surface area contributed by atoms with Gasteiger partial charge in [-0.05, 0) is 99.7 Å². The summed E-state index contributed by atoms with van der Waals surface area (Å²) < 4.78 is 0. The molecule has 0 saturated carbocycles. The standard InChI is InChI=1S/C46H30/c1-2-11-31(12-3-1)32-21-23-33(24-22-32)36-27-25-34-26-28-37(30-38(34)29-36)45-41-16-6-8-18-43(41)46(44-19-9-7-17-42(44)45)40-20-10-14-35-13-4-5-15-39(35)40/h1-30H. The number of hydrogen-bond acceptors (Lipinski definition) is 0. The van der Waals surface area contributed by atoms with Crippen molar-refractivity contribution in [3.05, 3.63) is 182 Å². The van der Waals surface area contributed by atoms with E-state index in [4.69, 9.17) is 0 Å². The molecule has 9 rings (SSSR count). The van der Waals surface area contributed by atoms with Crippen molar-refractivity contribution < 1.29 is 0 Å². The quantitative estimate of drug-likeness (QED) is 0.181. The minimum Gasteiger partial charge on any atom is -0.0622 e. The molecule has 0 nitrogen and oxygen atoms in total. The van der Waals surface area contributed by atoms with Crippen molar-refractivity contribution in [3.8, 4) is 44.5 Å². The van der Waals surface area contributed by atoms with Crippen LogP contribution < -0.4 is 0 Å². The Balaban J connectivity index is 1.23. The first-order valence-electron chi connectivity index (χ1n) is 15.9. The third-order valence-electron chi connectivity index (χ3n) is 9.44. The number of benzene rings is 9. The van der Waals surface area contributed by atoms with Crippen LogP contribution in [-0.2, 0) is 0 Å².